The van der Waals surface area contributed by atoms with E-state index in [4.69, 9.17) is 32.7 Å². The minimum absolute atomic E-state index is 0.136. The van der Waals surface area contributed by atoms with Crippen molar-refractivity contribution < 1.29 is 18.7 Å². The Morgan fingerprint density at radius 3 is 2.50 bits per heavy atom. The minimum Gasteiger partial charge on any atom is -0.486 e. The van der Waals surface area contributed by atoms with E-state index in [1.54, 1.807) is 12.1 Å². The van der Waals surface area contributed by atoms with Gasteiger partial charge in [-0.3, -0.25) is 4.79 Å². The van der Waals surface area contributed by atoms with Crippen molar-refractivity contribution in [1.82, 2.24) is 0 Å². The summed E-state index contributed by atoms with van der Waals surface area (Å²) in [5, 5.41) is 5.95. The van der Waals surface area contributed by atoms with Gasteiger partial charge in [0, 0.05) is 17.2 Å². The van der Waals surface area contributed by atoms with Crippen molar-refractivity contribution in [2.75, 3.05) is 30.4 Å². The van der Waals surface area contributed by atoms with Crippen LogP contribution in [0.5, 0.6) is 11.5 Å². The van der Waals surface area contributed by atoms with Crippen molar-refractivity contribution in [2.45, 2.75) is 0 Å². The van der Waals surface area contributed by atoms with Gasteiger partial charge < -0.3 is 20.1 Å². The second-order valence-corrected chi connectivity index (χ2v) is 5.85. The zero-order valence-electron chi connectivity index (χ0n) is 12.4. The Bertz CT molecular complexity index is 786. The topological polar surface area (TPSA) is 59.6 Å². The van der Waals surface area contributed by atoms with Crippen molar-refractivity contribution >= 4 is 40.5 Å². The average molecular weight is 371 g/mol. The van der Waals surface area contributed by atoms with Crippen LogP contribution in [0.1, 0.15) is 0 Å². The van der Waals surface area contributed by atoms with Crippen LogP contribution in [-0.2, 0) is 4.79 Å². The molecule has 1 heterocycles. The molecule has 0 atom stereocenters. The van der Waals surface area contributed by atoms with Crippen LogP contribution < -0.4 is 20.1 Å². The fraction of sp³-hybridized carbons (Fsp3) is 0.188. The maximum absolute atomic E-state index is 13.7. The first kappa shape index (κ1) is 16.7. The van der Waals surface area contributed by atoms with E-state index in [1.807, 2.05) is 0 Å². The Labute approximate surface area is 147 Å². The Morgan fingerprint density at radius 1 is 1.08 bits per heavy atom. The third-order valence-electron chi connectivity index (χ3n) is 3.28. The second-order valence-electron chi connectivity index (χ2n) is 5.00. The summed E-state index contributed by atoms with van der Waals surface area (Å²) in [6, 6.07) is 7.33. The van der Waals surface area contributed by atoms with Crippen LogP contribution in [-0.4, -0.2) is 25.7 Å². The first-order chi connectivity index (χ1) is 11.5. The van der Waals surface area contributed by atoms with E-state index in [2.05, 4.69) is 10.6 Å². The number of benzene rings is 2. The Kier molecular flexibility index (Phi) is 4.97. The predicted molar refractivity (Wildman–Crippen MR) is 91.0 cm³/mol. The number of amides is 1. The van der Waals surface area contributed by atoms with Gasteiger partial charge in [-0.15, -0.1) is 0 Å². The predicted octanol–water partition coefficient (Wildman–Crippen LogP) is 3.95. The van der Waals surface area contributed by atoms with Gasteiger partial charge >= 0.3 is 0 Å². The minimum atomic E-state index is -0.535. The fourth-order valence-corrected chi connectivity index (χ4v) is 2.52. The molecule has 8 heteroatoms. The van der Waals surface area contributed by atoms with Crippen LogP contribution in [0.2, 0.25) is 10.0 Å². The van der Waals surface area contributed by atoms with E-state index in [0.717, 1.165) is 0 Å². The van der Waals surface area contributed by atoms with E-state index in [-0.39, 0.29) is 23.2 Å². The highest BCUT2D eigenvalue weighted by Gasteiger charge is 2.16. The summed E-state index contributed by atoms with van der Waals surface area (Å²) in [5.41, 5.74) is 0.576. The van der Waals surface area contributed by atoms with Gasteiger partial charge in [0.1, 0.15) is 19.0 Å². The molecular weight excluding hydrogens is 358 g/mol. The first-order valence-corrected chi connectivity index (χ1v) is 7.86. The van der Waals surface area contributed by atoms with Crippen molar-refractivity contribution in [1.29, 1.82) is 0 Å². The summed E-state index contributed by atoms with van der Waals surface area (Å²) < 4.78 is 24.5. The molecule has 1 amide bonds. The third-order valence-corrected chi connectivity index (χ3v) is 3.82. The molecule has 3 rings (SSSR count). The van der Waals surface area contributed by atoms with Gasteiger partial charge in [0.15, 0.2) is 11.5 Å². The molecule has 2 aromatic carbocycles. The fourth-order valence-electron chi connectivity index (χ4n) is 2.16. The van der Waals surface area contributed by atoms with Gasteiger partial charge in [-0.05, 0) is 18.2 Å². The first-order valence-electron chi connectivity index (χ1n) is 7.11. The van der Waals surface area contributed by atoms with Crippen LogP contribution in [0.25, 0.3) is 0 Å². The number of rotatable bonds is 4. The number of halogens is 3. The number of nitrogens with one attached hydrogen (secondary N) is 2. The molecular formula is C16H13Cl2FN2O3. The van der Waals surface area contributed by atoms with E-state index in [9.17, 15) is 9.18 Å². The average Bonchev–Trinajstić information content (AvgIpc) is 2.55. The van der Waals surface area contributed by atoms with E-state index >= 15 is 0 Å². The molecule has 2 N–H and O–H groups in total. The monoisotopic (exact) mass is 370 g/mol. The Hall–Kier alpha value is -2.18. The van der Waals surface area contributed by atoms with Crippen molar-refractivity contribution in [3.8, 4) is 11.5 Å². The second kappa shape index (κ2) is 7.15. The number of anilines is 2. The molecule has 1 aliphatic rings. The van der Waals surface area contributed by atoms with E-state index < -0.39 is 5.82 Å². The molecule has 0 aromatic heterocycles. The summed E-state index contributed by atoms with van der Waals surface area (Å²) in [6.07, 6.45) is 0. The zero-order chi connectivity index (χ0) is 17.1. The van der Waals surface area contributed by atoms with Crippen LogP contribution in [0.4, 0.5) is 15.8 Å². The lowest BCUT2D eigenvalue weighted by Crippen LogP contribution is -2.22. The molecule has 0 radical (unpaired) electrons. The van der Waals surface area contributed by atoms with Crippen molar-refractivity contribution in [3.63, 3.8) is 0 Å². The summed E-state index contributed by atoms with van der Waals surface area (Å²) in [5.74, 6) is 0.124. The molecule has 0 unspecified atom stereocenters. The maximum atomic E-state index is 13.7. The molecule has 0 saturated carbocycles. The van der Waals surface area contributed by atoms with Crippen LogP contribution in [0.3, 0.4) is 0 Å². The summed E-state index contributed by atoms with van der Waals surface area (Å²) >= 11 is 11.8. The molecule has 24 heavy (non-hydrogen) atoms. The number of hydrogen-bond acceptors (Lipinski definition) is 4. The zero-order valence-corrected chi connectivity index (χ0v) is 13.9. The van der Waals surface area contributed by atoms with Gasteiger partial charge in [0.25, 0.3) is 0 Å². The molecule has 126 valence electrons. The summed E-state index contributed by atoms with van der Waals surface area (Å²) in [6.45, 7) is 0.744. The third kappa shape index (κ3) is 3.83. The largest absolute Gasteiger partial charge is 0.486 e. The van der Waals surface area contributed by atoms with Crippen LogP contribution >= 0.6 is 23.2 Å². The van der Waals surface area contributed by atoms with Gasteiger partial charge in [-0.2, -0.15) is 0 Å². The molecule has 0 saturated heterocycles. The highest BCUT2D eigenvalue weighted by molar-refractivity contribution is 6.34. The van der Waals surface area contributed by atoms with Crippen LogP contribution in [0.15, 0.2) is 30.3 Å². The molecule has 0 aliphatic carbocycles. The van der Waals surface area contributed by atoms with Gasteiger partial charge in [-0.25, -0.2) is 4.39 Å². The van der Waals surface area contributed by atoms with Gasteiger partial charge in [0.05, 0.1) is 22.9 Å². The Morgan fingerprint density at radius 2 is 1.79 bits per heavy atom. The van der Waals surface area contributed by atoms with Gasteiger partial charge in [-0.1, -0.05) is 23.2 Å². The SMILES string of the molecule is O=C(CNc1ccc(Cl)cc1F)Nc1cc2c(cc1Cl)OCCO2. The normalized spacial score (nSPS) is 12.6. The van der Waals surface area contributed by atoms with E-state index in [1.165, 1.54) is 18.2 Å². The lowest BCUT2D eigenvalue weighted by molar-refractivity contribution is -0.114. The molecule has 0 fully saturated rings. The highest BCUT2D eigenvalue weighted by Crippen LogP contribution is 2.37. The number of carbonyl (C=O) groups is 1. The summed E-state index contributed by atoms with van der Waals surface area (Å²) in [4.78, 5) is 12.0. The highest BCUT2D eigenvalue weighted by atomic mass is 35.5. The number of fused-ring (bicyclic) bond motifs is 1. The van der Waals surface area contributed by atoms with E-state index in [0.29, 0.717) is 35.4 Å². The Balaban J connectivity index is 1.64. The van der Waals surface area contributed by atoms with Crippen molar-refractivity contribution in [3.05, 3.63) is 46.2 Å². The molecule has 1 aliphatic heterocycles. The number of carbonyl (C=O) groups excluding carboxylic acids is 1. The molecule has 2 aromatic rings. The summed E-state index contributed by atoms with van der Waals surface area (Å²) in [7, 11) is 0. The quantitative estimate of drug-likeness (QED) is 0.855. The van der Waals surface area contributed by atoms with Crippen LogP contribution in [0, 0.1) is 5.82 Å². The number of hydrogen-bond donors (Lipinski definition) is 2. The lowest BCUT2D eigenvalue weighted by atomic mass is 10.2. The van der Waals surface area contributed by atoms with Crippen molar-refractivity contribution in [2.24, 2.45) is 0 Å². The molecule has 0 bridgehead atoms. The standard InChI is InChI=1S/C16H13Cl2FN2O3/c17-9-1-2-12(11(19)5-9)20-8-16(22)21-13-7-15-14(6-10(13)18)23-3-4-24-15/h1-2,5-7,20H,3-4,8H2,(H,21,22). The number of ether oxygens (including phenoxy) is 2. The maximum Gasteiger partial charge on any atom is 0.243 e. The van der Waals surface area contributed by atoms with Gasteiger partial charge in [0.2, 0.25) is 5.91 Å². The molecule has 5 nitrogen and oxygen atoms in total. The lowest BCUT2D eigenvalue weighted by Gasteiger charge is -2.20. The molecule has 0 spiro atoms. The smallest absolute Gasteiger partial charge is 0.243 e.